The zero-order valence-corrected chi connectivity index (χ0v) is 12.6. The monoisotopic (exact) mass is 288 g/mol. The minimum Gasteiger partial charge on any atom is -0.383 e. The van der Waals surface area contributed by atoms with Crippen molar-refractivity contribution in [3.05, 3.63) is 35.9 Å². The number of carbonyl (C=O) groups is 1. The van der Waals surface area contributed by atoms with Gasteiger partial charge in [-0.25, -0.2) is 0 Å². The molecular weight excluding hydrogens is 264 g/mol. The third kappa shape index (κ3) is 3.27. The van der Waals surface area contributed by atoms with Crippen molar-refractivity contribution in [1.29, 1.82) is 0 Å². The molecule has 3 unspecified atom stereocenters. The maximum absolute atomic E-state index is 12.9. The van der Waals surface area contributed by atoms with Crippen molar-refractivity contribution in [3.8, 4) is 0 Å². The third-order valence-corrected chi connectivity index (χ3v) is 4.71. The number of amides is 1. The molecule has 2 saturated heterocycles. The number of rotatable bonds is 6. The lowest BCUT2D eigenvalue weighted by atomic mass is 9.88. The lowest BCUT2D eigenvalue weighted by Gasteiger charge is -2.29. The first-order chi connectivity index (χ1) is 10.3. The van der Waals surface area contributed by atoms with Crippen molar-refractivity contribution in [2.45, 2.75) is 37.9 Å². The van der Waals surface area contributed by atoms with Crippen molar-refractivity contribution in [2.24, 2.45) is 5.92 Å². The van der Waals surface area contributed by atoms with Gasteiger partial charge in [0.2, 0.25) is 5.91 Å². The Balaban J connectivity index is 1.68. The highest BCUT2D eigenvalue weighted by atomic mass is 16.5. The number of carbonyl (C=O) groups excluding carboxylic acids is 1. The predicted molar refractivity (Wildman–Crippen MR) is 81.8 cm³/mol. The SMILES string of the molecule is COCCN(Cc1ccccc1)C(=O)C1CC2CCC1N2. The molecule has 4 nitrogen and oxygen atoms in total. The molecule has 3 rings (SSSR count). The van der Waals surface area contributed by atoms with E-state index in [1.165, 1.54) is 12.0 Å². The largest absolute Gasteiger partial charge is 0.383 e. The molecule has 0 aromatic heterocycles. The van der Waals surface area contributed by atoms with Crippen LogP contribution >= 0.6 is 0 Å². The first-order valence-corrected chi connectivity index (χ1v) is 7.85. The van der Waals surface area contributed by atoms with Crippen LogP contribution in [-0.4, -0.2) is 43.2 Å². The minimum absolute atomic E-state index is 0.157. The normalized spacial score (nSPS) is 27.0. The summed E-state index contributed by atoms with van der Waals surface area (Å²) in [5.74, 6) is 0.444. The molecule has 0 radical (unpaired) electrons. The van der Waals surface area contributed by atoms with E-state index >= 15 is 0 Å². The average Bonchev–Trinajstić information content (AvgIpc) is 3.14. The van der Waals surface area contributed by atoms with Crippen LogP contribution in [0, 0.1) is 5.92 Å². The molecule has 0 aliphatic carbocycles. The second-order valence-corrected chi connectivity index (χ2v) is 6.13. The van der Waals surface area contributed by atoms with Gasteiger partial charge < -0.3 is 15.0 Å². The highest BCUT2D eigenvalue weighted by molar-refractivity contribution is 5.80. The van der Waals surface area contributed by atoms with Gasteiger partial charge in [-0.2, -0.15) is 0 Å². The second-order valence-electron chi connectivity index (χ2n) is 6.13. The lowest BCUT2D eigenvalue weighted by Crippen LogP contribution is -2.42. The van der Waals surface area contributed by atoms with Crippen LogP contribution in [0.4, 0.5) is 0 Å². The Hall–Kier alpha value is -1.39. The van der Waals surface area contributed by atoms with E-state index in [0.717, 1.165) is 12.8 Å². The highest BCUT2D eigenvalue weighted by Gasteiger charge is 2.44. The van der Waals surface area contributed by atoms with E-state index in [-0.39, 0.29) is 11.8 Å². The van der Waals surface area contributed by atoms with Gasteiger partial charge in [0.15, 0.2) is 0 Å². The van der Waals surface area contributed by atoms with Crippen LogP contribution in [-0.2, 0) is 16.1 Å². The maximum atomic E-state index is 12.9. The van der Waals surface area contributed by atoms with Crippen molar-refractivity contribution in [1.82, 2.24) is 10.2 Å². The molecule has 2 aliphatic rings. The molecule has 1 aromatic carbocycles. The molecule has 4 heteroatoms. The summed E-state index contributed by atoms with van der Waals surface area (Å²) in [6.45, 7) is 1.93. The van der Waals surface area contributed by atoms with Crippen molar-refractivity contribution < 1.29 is 9.53 Å². The van der Waals surface area contributed by atoms with E-state index in [4.69, 9.17) is 4.74 Å². The summed E-state index contributed by atoms with van der Waals surface area (Å²) in [4.78, 5) is 14.8. The van der Waals surface area contributed by atoms with E-state index in [2.05, 4.69) is 17.4 Å². The first kappa shape index (κ1) is 14.5. The molecule has 114 valence electrons. The van der Waals surface area contributed by atoms with Crippen LogP contribution in [0.1, 0.15) is 24.8 Å². The molecule has 3 atom stereocenters. The number of nitrogens with zero attached hydrogens (tertiary/aromatic N) is 1. The molecule has 1 amide bonds. The van der Waals surface area contributed by atoms with Crippen LogP contribution in [0.5, 0.6) is 0 Å². The van der Waals surface area contributed by atoms with Gasteiger partial charge >= 0.3 is 0 Å². The summed E-state index contributed by atoms with van der Waals surface area (Å²) in [6, 6.07) is 11.2. The standard InChI is InChI=1S/C17H24N2O2/c1-21-10-9-19(12-13-5-3-2-4-6-13)17(20)15-11-14-7-8-16(15)18-14/h2-6,14-16,18H,7-12H2,1H3. The summed E-state index contributed by atoms with van der Waals surface area (Å²) < 4.78 is 5.18. The zero-order chi connectivity index (χ0) is 14.7. The highest BCUT2D eigenvalue weighted by Crippen LogP contribution is 2.34. The van der Waals surface area contributed by atoms with E-state index in [1.807, 2.05) is 23.1 Å². The molecule has 0 spiro atoms. The van der Waals surface area contributed by atoms with Gasteiger partial charge in [-0.05, 0) is 24.8 Å². The summed E-state index contributed by atoms with van der Waals surface area (Å²) in [5.41, 5.74) is 1.18. The molecule has 21 heavy (non-hydrogen) atoms. The van der Waals surface area contributed by atoms with Gasteiger partial charge in [-0.15, -0.1) is 0 Å². The molecule has 2 bridgehead atoms. The van der Waals surface area contributed by atoms with E-state index in [1.54, 1.807) is 7.11 Å². The molecule has 2 heterocycles. The van der Waals surface area contributed by atoms with Gasteiger partial charge in [0.25, 0.3) is 0 Å². The smallest absolute Gasteiger partial charge is 0.227 e. The Bertz CT molecular complexity index is 477. The Morgan fingerprint density at radius 3 is 2.76 bits per heavy atom. The zero-order valence-electron chi connectivity index (χ0n) is 12.6. The molecule has 2 fully saturated rings. The number of hydrogen-bond donors (Lipinski definition) is 1. The summed E-state index contributed by atoms with van der Waals surface area (Å²) >= 11 is 0. The maximum Gasteiger partial charge on any atom is 0.227 e. The third-order valence-electron chi connectivity index (χ3n) is 4.71. The fourth-order valence-corrected chi connectivity index (χ4v) is 3.60. The topological polar surface area (TPSA) is 41.6 Å². The van der Waals surface area contributed by atoms with Crippen LogP contribution < -0.4 is 5.32 Å². The quantitative estimate of drug-likeness (QED) is 0.868. The van der Waals surface area contributed by atoms with Crippen molar-refractivity contribution >= 4 is 5.91 Å². The van der Waals surface area contributed by atoms with E-state index in [0.29, 0.717) is 31.8 Å². The van der Waals surface area contributed by atoms with Gasteiger partial charge in [0.05, 0.1) is 12.5 Å². The molecular formula is C17H24N2O2. The van der Waals surface area contributed by atoms with E-state index < -0.39 is 0 Å². The summed E-state index contributed by atoms with van der Waals surface area (Å²) in [7, 11) is 1.68. The Kier molecular flexibility index (Phi) is 4.56. The number of methoxy groups -OCH3 is 1. The summed E-state index contributed by atoms with van der Waals surface area (Å²) in [5, 5.41) is 3.55. The van der Waals surface area contributed by atoms with Gasteiger partial charge in [0, 0.05) is 32.3 Å². The fourth-order valence-electron chi connectivity index (χ4n) is 3.60. The fraction of sp³-hybridized carbons (Fsp3) is 0.588. The van der Waals surface area contributed by atoms with Crippen molar-refractivity contribution in [2.75, 3.05) is 20.3 Å². The van der Waals surface area contributed by atoms with Gasteiger partial charge in [0.1, 0.15) is 0 Å². The number of nitrogens with one attached hydrogen (secondary N) is 1. The molecule has 1 N–H and O–H groups in total. The predicted octanol–water partition coefficient (Wildman–Crippen LogP) is 1.80. The average molecular weight is 288 g/mol. The van der Waals surface area contributed by atoms with Crippen LogP contribution in [0.15, 0.2) is 30.3 Å². The number of benzene rings is 1. The lowest BCUT2D eigenvalue weighted by molar-refractivity contribution is -0.137. The van der Waals surface area contributed by atoms with Crippen LogP contribution in [0.3, 0.4) is 0 Å². The number of fused-ring (bicyclic) bond motifs is 2. The molecule has 1 aromatic rings. The van der Waals surface area contributed by atoms with Crippen molar-refractivity contribution in [3.63, 3.8) is 0 Å². The van der Waals surface area contributed by atoms with Crippen LogP contribution in [0.25, 0.3) is 0 Å². The number of ether oxygens (including phenoxy) is 1. The first-order valence-electron chi connectivity index (χ1n) is 7.85. The molecule has 0 saturated carbocycles. The van der Waals surface area contributed by atoms with Gasteiger partial charge in [-0.3, -0.25) is 4.79 Å². The minimum atomic E-state index is 0.157. The summed E-state index contributed by atoms with van der Waals surface area (Å²) in [6.07, 6.45) is 3.37. The Labute approximate surface area is 126 Å². The van der Waals surface area contributed by atoms with Crippen LogP contribution in [0.2, 0.25) is 0 Å². The number of hydrogen-bond acceptors (Lipinski definition) is 3. The van der Waals surface area contributed by atoms with Gasteiger partial charge in [-0.1, -0.05) is 30.3 Å². The molecule has 2 aliphatic heterocycles. The Morgan fingerprint density at radius 2 is 2.14 bits per heavy atom. The second kappa shape index (κ2) is 6.58. The Morgan fingerprint density at radius 1 is 1.33 bits per heavy atom. The van der Waals surface area contributed by atoms with E-state index in [9.17, 15) is 4.79 Å².